The first-order chi connectivity index (χ1) is 14.7. The predicted molar refractivity (Wildman–Crippen MR) is 114 cm³/mol. The molecule has 0 aliphatic rings. The van der Waals surface area contributed by atoms with Crippen molar-refractivity contribution in [1.29, 1.82) is 0 Å². The van der Waals surface area contributed by atoms with Crippen molar-refractivity contribution in [3.8, 4) is 5.75 Å². The summed E-state index contributed by atoms with van der Waals surface area (Å²) < 4.78 is 30.3. The van der Waals surface area contributed by atoms with E-state index in [0.29, 0.717) is 11.4 Å². The van der Waals surface area contributed by atoms with Crippen molar-refractivity contribution in [2.75, 3.05) is 0 Å². The number of rotatable bonds is 7. The lowest BCUT2D eigenvalue weighted by atomic mass is 9.90. The van der Waals surface area contributed by atoms with Crippen LogP contribution < -0.4 is 0 Å². The maximum Gasteiger partial charge on any atom is 0.311 e. The van der Waals surface area contributed by atoms with Gasteiger partial charge in [0.15, 0.2) is 17.4 Å². The number of nitrogens with zero attached hydrogens (tertiary/aromatic N) is 1. The molecule has 1 aromatic heterocycles. The van der Waals surface area contributed by atoms with Crippen LogP contribution in [0.2, 0.25) is 5.02 Å². The summed E-state index contributed by atoms with van der Waals surface area (Å²) >= 11 is 5.88. The van der Waals surface area contributed by atoms with Crippen molar-refractivity contribution < 1.29 is 28.6 Å². The van der Waals surface area contributed by atoms with Gasteiger partial charge in [-0.25, -0.2) is 8.78 Å². The second-order valence-electron chi connectivity index (χ2n) is 7.45. The number of aliphatic carboxylic acids is 1. The SMILES string of the molecule is CCCCCC(C(=O)O)c1c(C)n(C(=O)c2ccc(Cl)cc2)c2cc(F)c(O)c(F)c12. The van der Waals surface area contributed by atoms with Gasteiger partial charge in [-0.05, 0) is 43.2 Å². The Labute approximate surface area is 182 Å². The highest BCUT2D eigenvalue weighted by atomic mass is 35.5. The smallest absolute Gasteiger partial charge is 0.311 e. The van der Waals surface area contributed by atoms with Gasteiger partial charge in [-0.1, -0.05) is 37.8 Å². The highest BCUT2D eigenvalue weighted by Crippen LogP contribution is 2.40. The third-order valence-corrected chi connectivity index (χ3v) is 5.70. The molecule has 0 saturated carbocycles. The second-order valence-corrected chi connectivity index (χ2v) is 7.88. The topological polar surface area (TPSA) is 79.5 Å². The van der Waals surface area contributed by atoms with E-state index in [9.17, 15) is 24.2 Å². The summed E-state index contributed by atoms with van der Waals surface area (Å²) in [7, 11) is 0. The number of carboxylic acids is 1. The number of carboxylic acid groups (broad SMARTS) is 1. The van der Waals surface area contributed by atoms with Crippen LogP contribution in [0.4, 0.5) is 8.78 Å². The Balaban J connectivity index is 2.31. The lowest BCUT2D eigenvalue weighted by molar-refractivity contribution is -0.139. The number of unbranched alkanes of at least 4 members (excludes halogenated alkanes) is 2. The fraction of sp³-hybridized carbons (Fsp3) is 0.304. The molecule has 0 bridgehead atoms. The molecule has 8 heteroatoms. The lowest BCUT2D eigenvalue weighted by Gasteiger charge is -2.14. The quantitative estimate of drug-likeness (QED) is 0.432. The fourth-order valence-corrected chi connectivity index (χ4v) is 4.04. The Morgan fingerprint density at radius 1 is 1.16 bits per heavy atom. The first-order valence-corrected chi connectivity index (χ1v) is 10.3. The summed E-state index contributed by atoms with van der Waals surface area (Å²) in [6.45, 7) is 3.46. The molecule has 0 fully saturated rings. The highest BCUT2D eigenvalue weighted by Gasteiger charge is 2.32. The number of aromatic nitrogens is 1. The number of halogens is 3. The average Bonchev–Trinajstić information content (AvgIpc) is 3.01. The Hall–Kier alpha value is -2.93. The highest BCUT2D eigenvalue weighted by molar-refractivity contribution is 6.30. The van der Waals surface area contributed by atoms with Crippen LogP contribution in [-0.4, -0.2) is 26.7 Å². The van der Waals surface area contributed by atoms with Gasteiger partial charge in [0.1, 0.15) is 0 Å². The third kappa shape index (κ3) is 4.14. The van der Waals surface area contributed by atoms with Crippen molar-refractivity contribution in [1.82, 2.24) is 4.57 Å². The van der Waals surface area contributed by atoms with Gasteiger partial charge < -0.3 is 10.2 Å². The van der Waals surface area contributed by atoms with E-state index in [0.717, 1.165) is 23.5 Å². The van der Waals surface area contributed by atoms with Gasteiger partial charge in [-0.2, -0.15) is 0 Å². The number of carbonyl (C=O) groups is 2. The Bertz CT molecular complexity index is 1160. The Kier molecular flexibility index (Phi) is 6.65. The van der Waals surface area contributed by atoms with Crippen LogP contribution in [0.5, 0.6) is 5.75 Å². The number of hydrogen-bond acceptors (Lipinski definition) is 3. The minimum Gasteiger partial charge on any atom is -0.503 e. The number of fused-ring (bicyclic) bond motifs is 1. The minimum absolute atomic E-state index is 0.0636. The van der Waals surface area contributed by atoms with Crippen molar-refractivity contribution in [2.45, 2.75) is 45.4 Å². The zero-order chi connectivity index (χ0) is 22.9. The van der Waals surface area contributed by atoms with E-state index in [1.807, 2.05) is 6.92 Å². The van der Waals surface area contributed by atoms with Gasteiger partial charge in [-0.3, -0.25) is 14.2 Å². The number of hydrogen-bond donors (Lipinski definition) is 2. The Morgan fingerprint density at radius 2 is 1.81 bits per heavy atom. The lowest BCUT2D eigenvalue weighted by Crippen LogP contribution is -2.16. The van der Waals surface area contributed by atoms with E-state index in [2.05, 4.69) is 0 Å². The molecule has 2 aromatic carbocycles. The van der Waals surface area contributed by atoms with E-state index < -0.39 is 35.2 Å². The molecule has 0 spiro atoms. The molecule has 0 aliphatic carbocycles. The molecule has 164 valence electrons. The molecule has 31 heavy (non-hydrogen) atoms. The fourth-order valence-electron chi connectivity index (χ4n) is 3.91. The van der Waals surface area contributed by atoms with Crippen LogP contribution in [0.1, 0.15) is 60.1 Å². The van der Waals surface area contributed by atoms with Crippen LogP contribution in [0.15, 0.2) is 30.3 Å². The molecule has 1 atom stereocenters. The van der Waals surface area contributed by atoms with Gasteiger partial charge in [0, 0.05) is 27.7 Å². The van der Waals surface area contributed by atoms with Gasteiger partial charge in [0.05, 0.1) is 11.4 Å². The van der Waals surface area contributed by atoms with Crippen LogP contribution >= 0.6 is 11.6 Å². The number of aromatic hydroxyl groups is 1. The summed E-state index contributed by atoms with van der Waals surface area (Å²) in [6.07, 6.45) is 2.45. The largest absolute Gasteiger partial charge is 0.503 e. The van der Waals surface area contributed by atoms with E-state index in [4.69, 9.17) is 11.6 Å². The van der Waals surface area contributed by atoms with E-state index in [1.54, 1.807) is 0 Å². The molecule has 1 heterocycles. The maximum absolute atomic E-state index is 15.0. The number of carbonyl (C=O) groups excluding carboxylic acids is 1. The molecule has 1 unspecified atom stereocenters. The second kappa shape index (κ2) is 9.06. The van der Waals surface area contributed by atoms with Crippen molar-refractivity contribution >= 4 is 34.4 Å². The van der Waals surface area contributed by atoms with Crippen molar-refractivity contribution in [2.24, 2.45) is 0 Å². The minimum atomic E-state index is -1.28. The predicted octanol–water partition coefficient (Wildman–Crippen LogP) is 6.02. The van der Waals surface area contributed by atoms with Gasteiger partial charge in [-0.15, -0.1) is 0 Å². The van der Waals surface area contributed by atoms with Crippen LogP contribution in [0.3, 0.4) is 0 Å². The Morgan fingerprint density at radius 3 is 2.39 bits per heavy atom. The molecule has 3 aromatic rings. The molecule has 0 radical (unpaired) electrons. The van der Waals surface area contributed by atoms with E-state index in [-0.39, 0.29) is 34.1 Å². The van der Waals surface area contributed by atoms with Crippen molar-refractivity contribution in [3.05, 3.63) is 63.8 Å². The first kappa shape index (κ1) is 22.7. The molecule has 0 aliphatic heterocycles. The van der Waals surface area contributed by atoms with Gasteiger partial charge in [0.25, 0.3) is 5.91 Å². The zero-order valence-corrected chi connectivity index (χ0v) is 17.8. The molecule has 3 rings (SSSR count). The van der Waals surface area contributed by atoms with Gasteiger partial charge in [0.2, 0.25) is 0 Å². The maximum atomic E-state index is 15.0. The van der Waals surface area contributed by atoms with Gasteiger partial charge >= 0.3 is 5.97 Å². The third-order valence-electron chi connectivity index (χ3n) is 5.45. The monoisotopic (exact) mass is 449 g/mol. The number of phenolic OH excluding ortho intramolecular Hbond substituents is 1. The number of benzene rings is 2. The van der Waals surface area contributed by atoms with E-state index in [1.165, 1.54) is 31.2 Å². The van der Waals surface area contributed by atoms with Crippen LogP contribution in [-0.2, 0) is 4.79 Å². The first-order valence-electron chi connectivity index (χ1n) is 9.93. The molecular formula is C23H22ClF2NO4. The molecule has 2 N–H and O–H groups in total. The summed E-state index contributed by atoms with van der Waals surface area (Å²) in [5, 5.41) is 19.8. The molecule has 0 amide bonds. The molecule has 0 saturated heterocycles. The van der Waals surface area contributed by atoms with Crippen LogP contribution in [0, 0.1) is 18.6 Å². The normalized spacial score (nSPS) is 12.3. The molecule has 5 nitrogen and oxygen atoms in total. The standard InChI is InChI=1S/C23H22ClF2NO4/c1-3-4-5-6-15(23(30)31)18-12(2)27(22(29)13-7-9-14(24)10-8-13)17-11-16(25)21(28)20(26)19(17)18/h7-11,15,28H,3-6H2,1-2H3,(H,30,31). The number of phenols is 1. The molecular weight excluding hydrogens is 428 g/mol. The van der Waals surface area contributed by atoms with Crippen LogP contribution in [0.25, 0.3) is 10.9 Å². The van der Waals surface area contributed by atoms with E-state index >= 15 is 4.39 Å². The summed E-state index contributed by atoms with van der Waals surface area (Å²) in [5.74, 6) is -6.61. The summed E-state index contributed by atoms with van der Waals surface area (Å²) in [6, 6.07) is 6.81. The summed E-state index contributed by atoms with van der Waals surface area (Å²) in [4.78, 5) is 25.3. The average molecular weight is 450 g/mol. The zero-order valence-electron chi connectivity index (χ0n) is 17.1. The van der Waals surface area contributed by atoms with Crippen molar-refractivity contribution in [3.63, 3.8) is 0 Å². The summed E-state index contributed by atoms with van der Waals surface area (Å²) in [5.41, 5.74) is 0.321.